The Morgan fingerprint density at radius 1 is 1.09 bits per heavy atom. The summed E-state index contributed by atoms with van der Waals surface area (Å²) in [6.45, 7) is 2.39. The third-order valence-corrected chi connectivity index (χ3v) is 6.61. The molecule has 0 fully saturated rings. The van der Waals surface area contributed by atoms with Crippen molar-refractivity contribution in [3.63, 3.8) is 0 Å². The third-order valence-electron chi connectivity index (χ3n) is 5.84. The Hall–Kier alpha value is -3.36. The van der Waals surface area contributed by atoms with Crippen LogP contribution in [-0.2, 0) is 16.0 Å². The van der Waals surface area contributed by atoms with Crippen molar-refractivity contribution in [2.75, 3.05) is 18.6 Å². The molecular weight excluding hydrogens is 510 g/mol. The number of carbonyl (C=O) groups excluding carboxylic acids is 1. The number of hydrazine groups is 1. The molecule has 0 aliphatic carbocycles. The molecule has 1 aliphatic rings. The van der Waals surface area contributed by atoms with E-state index in [1.54, 1.807) is 0 Å². The molecule has 2 atom stereocenters. The van der Waals surface area contributed by atoms with Crippen molar-refractivity contribution < 1.29 is 19.4 Å². The molecule has 0 saturated heterocycles. The number of aliphatic hydroxyl groups is 1. The molecule has 1 heterocycles. The van der Waals surface area contributed by atoms with Crippen molar-refractivity contribution in [3.05, 3.63) is 94.5 Å². The molecule has 0 saturated carbocycles. The molecule has 0 bridgehead atoms. The van der Waals surface area contributed by atoms with Crippen molar-refractivity contribution in [1.29, 1.82) is 0 Å². The Morgan fingerprint density at radius 2 is 1.80 bits per heavy atom. The van der Waals surface area contributed by atoms with E-state index in [2.05, 4.69) is 26.8 Å². The quantitative estimate of drug-likeness (QED) is 0.261. The van der Waals surface area contributed by atoms with Gasteiger partial charge < -0.3 is 14.6 Å². The zero-order chi connectivity index (χ0) is 24.7. The van der Waals surface area contributed by atoms with Gasteiger partial charge in [0.2, 0.25) is 5.90 Å². The summed E-state index contributed by atoms with van der Waals surface area (Å²) >= 11 is 3.60. The first-order valence-corrected chi connectivity index (χ1v) is 12.3. The Bertz CT molecular complexity index is 1170. The Balaban J connectivity index is 1.61. The lowest BCUT2D eigenvalue weighted by atomic mass is 9.86. The van der Waals surface area contributed by atoms with Crippen LogP contribution >= 0.6 is 15.9 Å². The summed E-state index contributed by atoms with van der Waals surface area (Å²) < 4.78 is 12.7. The average molecular weight is 538 g/mol. The lowest BCUT2D eigenvalue weighted by Gasteiger charge is -2.28. The maximum absolute atomic E-state index is 13.6. The summed E-state index contributed by atoms with van der Waals surface area (Å²) in [4.78, 5) is 18.5. The van der Waals surface area contributed by atoms with Crippen molar-refractivity contribution in [1.82, 2.24) is 5.43 Å². The van der Waals surface area contributed by atoms with Gasteiger partial charge in [0.1, 0.15) is 11.9 Å². The first-order valence-electron chi connectivity index (χ1n) is 11.5. The number of ether oxygens (including phenoxy) is 2. The highest BCUT2D eigenvalue weighted by Gasteiger charge is 2.50. The van der Waals surface area contributed by atoms with Crippen molar-refractivity contribution in [3.8, 4) is 5.75 Å². The third kappa shape index (κ3) is 5.83. The first kappa shape index (κ1) is 24.8. The molecule has 0 aromatic heterocycles. The summed E-state index contributed by atoms with van der Waals surface area (Å²) in [6.07, 6.45) is 0.408. The van der Waals surface area contributed by atoms with Crippen molar-refractivity contribution in [2.45, 2.75) is 31.4 Å². The molecular formula is C27H28BrN3O4. The normalized spacial score (nSPS) is 18.9. The number of aliphatic hydroxyl groups excluding tert-OH is 1. The molecule has 1 amide bonds. The zero-order valence-corrected chi connectivity index (χ0v) is 21.0. The fraction of sp³-hybridized carbons (Fsp3) is 0.259. The predicted molar refractivity (Wildman–Crippen MR) is 140 cm³/mol. The number of hydrogen-bond donors (Lipinski definition) is 3. The van der Waals surface area contributed by atoms with Crippen LogP contribution in [0.5, 0.6) is 5.75 Å². The molecule has 8 heteroatoms. The highest BCUT2D eigenvalue weighted by Crippen LogP contribution is 2.34. The molecule has 3 aromatic carbocycles. The largest absolute Gasteiger partial charge is 0.494 e. The lowest BCUT2D eigenvalue weighted by Crippen LogP contribution is -2.54. The lowest BCUT2D eigenvalue weighted by molar-refractivity contribution is -0.127. The highest BCUT2D eigenvalue weighted by molar-refractivity contribution is 9.10. The number of aliphatic imine (C=N–C) groups is 1. The SMILES string of the molecule is C[C@@H]1OC(c2ccc(OCCCO)cc2)=N[C@]1(Cc1ccccc1Br)C(=O)NNc1ccccc1. The number of nitrogens with one attached hydrogen (secondary N) is 2. The number of halogens is 1. The van der Waals surface area contributed by atoms with Crippen LogP contribution in [0.1, 0.15) is 24.5 Å². The van der Waals surface area contributed by atoms with Gasteiger partial charge in [-0.25, -0.2) is 4.99 Å². The molecule has 7 nitrogen and oxygen atoms in total. The first-order chi connectivity index (χ1) is 17.0. The standard InChI is InChI=1S/C27H28BrN3O4/c1-19-27(18-21-8-5-6-11-24(21)28,26(33)31-30-22-9-3-2-4-10-22)29-25(35-19)20-12-14-23(15-13-20)34-17-7-16-32/h2-6,8-15,19,30,32H,7,16-18H2,1H3,(H,31,33)/t19-,27-/m0/s1. The van der Waals surface area contributed by atoms with E-state index in [1.165, 1.54) is 0 Å². The minimum Gasteiger partial charge on any atom is -0.494 e. The fourth-order valence-electron chi connectivity index (χ4n) is 3.83. The number of para-hydroxylation sites is 1. The highest BCUT2D eigenvalue weighted by atomic mass is 79.9. The van der Waals surface area contributed by atoms with Gasteiger partial charge >= 0.3 is 0 Å². The molecule has 3 N–H and O–H groups in total. The number of amides is 1. The van der Waals surface area contributed by atoms with Gasteiger partial charge in [0.05, 0.1) is 12.3 Å². The average Bonchev–Trinajstić information content (AvgIpc) is 3.22. The monoisotopic (exact) mass is 537 g/mol. The van der Waals surface area contributed by atoms with Gasteiger partial charge in [0.25, 0.3) is 5.91 Å². The number of benzene rings is 3. The van der Waals surface area contributed by atoms with Gasteiger partial charge in [-0.2, -0.15) is 0 Å². The van der Waals surface area contributed by atoms with E-state index >= 15 is 0 Å². The van der Waals surface area contributed by atoms with Crippen LogP contribution in [-0.4, -0.2) is 41.8 Å². The second-order valence-electron chi connectivity index (χ2n) is 8.26. The minimum atomic E-state index is -1.18. The van der Waals surface area contributed by atoms with Crippen LogP contribution in [0.3, 0.4) is 0 Å². The van der Waals surface area contributed by atoms with Crippen molar-refractivity contribution >= 4 is 33.4 Å². The van der Waals surface area contributed by atoms with Crippen LogP contribution < -0.4 is 15.6 Å². The van der Waals surface area contributed by atoms with Crippen LogP contribution in [0.2, 0.25) is 0 Å². The Labute approximate surface area is 213 Å². The molecule has 1 aliphatic heterocycles. The van der Waals surface area contributed by atoms with Crippen LogP contribution in [0.15, 0.2) is 88.3 Å². The van der Waals surface area contributed by atoms with Gasteiger partial charge in [0.15, 0.2) is 5.54 Å². The predicted octanol–water partition coefficient (Wildman–Crippen LogP) is 4.50. The fourth-order valence-corrected chi connectivity index (χ4v) is 4.26. The van der Waals surface area contributed by atoms with E-state index in [4.69, 9.17) is 19.6 Å². The maximum atomic E-state index is 13.6. The molecule has 0 spiro atoms. The minimum absolute atomic E-state index is 0.0847. The van der Waals surface area contributed by atoms with Crippen molar-refractivity contribution in [2.24, 2.45) is 4.99 Å². The molecule has 182 valence electrons. The molecule has 3 aromatic rings. The van der Waals surface area contributed by atoms with E-state index in [-0.39, 0.29) is 12.5 Å². The van der Waals surface area contributed by atoms with Crippen LogP contribution in [0, 0.1) is 0 Å². The molecule has 0 unspecified atom stereocenters. The molecule has 0 radical (unpaired) electrons. The number of carbonyl (C=O) groups is 1. The maximum Gasteiger partial charge on any atom is 0.270 e. The van der Waals surface area contributed by atoms with E-state index in [1.807, 2.05) is 85.8 Å². The summed E-state index contributed by atoms with van der Waals surface area (Å²) in [5, 5.41) is 8.92. The van der Waals surface area contributed by atoms with E-state index in [0.717, 1.165) is 21.3 Å². The van der Waals surface area contributed by atoms with Gasteiger partial charge in [-0.05, 0) is 55.0 Å². The number of rotatable bonds is 10. The van der Waals surface area contributed by atoms with E-state index in [0.29, 0.717) is 31.1 Å². The van der Waals surface area contributed by atoms with E-state index in [9.17, 15) is 4.79 Å². The zero-order valence-electron chi connectivity index (χ0n) is 19.4. The second-order valence-corrected chi connectivity index (χ2v) is 9.12. The number of nitrogens with zero attached hydrogens (tertiary/aromatic N) is 1. The topological polar surface area (TPSA) is 92.2 Å². The van der Waals surface area contributed by atoms with Gasteiger partial charge in [-0.1, -0.05) is 52.3 Å². The van der Waals surface area contributed by atoms with Gasteiger partial charge in [0, 0.05) is 29.5 Å². The van der Waals surface area contributed by atoms with Gasteiger partial charge in [-0.15, -0.1) is 0 Å². The van der Waals surface area contributed by atoms with E-state index < -0.39 is 11.6 Å². The summed E-state index contributed by atoms with van der Waals surface area (Å²) in [6, 6.07) is 24.6. The molecule has 35 heavy (non-hydrogen) atoms. The Morgan fingerprint density at radius 3 is 2.51 bits per heavy atom. The summed E-state index contributed by atoms with van der Waals surface area (Å²) in [5.41, 5.74) is 7.11. The number of anilines is 1. The van der Waals surface area contributed by atoms with Crippen LogP contribution in [0.4, 0.5) is 5.69 Å². The Kier molecular flexibility index (Phi) is 8.05. The molecule has 4 rings (SSSR count). The summed E-state index contributed by atoms with van der Waals surface area (Å²) in [5.74, 6) is 0.808. The second kappa shape index (κ2) is 11.4. The smallest absolute Gasteiger partial charge is 0.270 e. The van der Waals surface area contributed by atoms with Gasteiger partial charge in [-0.3, -0.25) is 15.6 Å². The summed E-state index contributed by atoms with van der Waals surface area (Å²) in [7, 11) is 0. The number of hydrogen-bond acceptors (Lipinski definition) is 6. The van der Waals surface area contributed by atoms with Crippen LogP contribution in [0.25, 0.3) is 0 Å².